The lowest BCUT2D eigenvalue weighted by atomic mass is 9.97. The van der Waals surface area contributed by atoms with Crippen LogP contribution in [0.25, 0.3) is 0 Å². The lowest BCUT2D eigenvalue weighted by molar-refractivity contribution is -0.112. The Kier molecular flexibility index (Phi) is 8.94. The van der Waals surface area contributed by atoms with E-state index in [2.05, 4.69) is 0 Å². The molecule has 0 spiro atoms. The number of ether oxygens (including phenoxy) is 1. The third-order valence-electron chi connectivity index (χ3n) is 5.37. The van der Waals surface area contributed by atoms with Gasteiger partial charge in [0.15, 0.2) is 0 Å². The summed E-state index contributed by atoms with van der Waals surface area (Å²) in [5.41, 5.74) is 0. The first-order chi connectivity index (χ1) is 11.6. The average molecular weight is 345 g/mol. The normalized spacial score (nSPS) is 33.0. The van der Waals surface area contributed by atoms with E-state index in [1.54, 1.807) is 0 Å². The van der Waals surface area contributed by atoms with Crippen LogP contribution < -0.4 is 0 Å². The van der Waals surface area contributed by atoms with Crippen molar-refractivity contribution in [3.05, 3.63) is 0 Å². The van der Waals surface area contributed by atoms with Crippen molar-refractivity contribution in [1.82, 2.24) is 4.90 Å². The summed E-state index contributed by atoms with van der Waals surface area (Å²) in [6, 6.07) is 0. The van der Waals surface area contributed by atoms with E-state index in [1.165, 1.54) is 38.5 Å². The quantitative estimate of drug-likeness (QED) is 0.431. The molecule has 0 aromatic heterocycles. The number of aliphatic hydroxyl groups is 4. The highest BCUT2D eigenvalue weighted by Crippen LogP contribution is 2.20. The van der Waals surface area contributed by atoms with E-state index in [9.17, 15) is 20.4 Å². The van der Waals surface area contributed by atoms with Gasteiger partial charge in [0, 0.05) is 32.8 Å². The number of likely N-dealkylation sites (tertiary alicyclic amines) is 1. The largest absolute Gasteiger partial charge is 0.396 e. The van der Waals surface area contributed by atoms with Crippen LogP contribution in [-0.4, -0.2) is 82.6 Å². The zero-order valence-corrected chi connectivity index (χ0v) is 14.7. The summed E-state index contributed by atoms with van der Waals surface area (Å²) >= 11 is 0. The van der Waals surface area contributed by atoms with Crippen LogP contribution in [0.4, 0.5) is 0 Å². The van der Waals surface area contributed by atoms with Gasteiger partial charge in [-0.25, -0.2) is 0 Å². The molecule has 24 heavy (non-hydrogen) atoms. The third-order valence-corrected chi connectivity index (χ3v) is 5.37. The van der Waals surface area contributed by atoms with Gasteiger partial charge in [-0.1, -0.05) is 25.7 Å². The second kappa shape index (κ2) is 10.7. The van der Waals surface area contributed by atoms with Crippen molar-refractivity contribution in [2.75, 3.05) is 32.8 Å². The number of β-amino-alcohol motifs (C(OH)–C–C–N with tert-alkyl or cyclic N) is 2. The molecule has 6 nitrogen and oxygen atoms in total. The lowest BCUT2D eigenvalue weighted by Gasteiger charge is -2.38. The van der Waals surface area contributed by atoms with Gasteiger partial charge in [0.1, 0.15) is 6.10 Å². The highest BCUT2D eigenvalue weighted by atomic mass is 16.5. The van der Waals surface area contributed by atoms with Crippen LogP contribution in [0.5, 0.6) is 0 Å². The number of nitrogens with zero attached hydrogens (tertiary/aromatic N) is 1. The summed E-state index contributed by atoms with van der Waals surface area (Å²) < 4.78 is 5.63. The highest BCUT2D eigenvalue weighted by Gasteiger charge is 2.33. The molecular weight excluding hydrogens is 310 g/mol. The fraction of sp³-hybridized carbons (Fsp3) is 1.00. The van der Waals surface area contributed by atoms with Gasteiger partial charge < -0.3 is 25.2 Å². The fourth-order valence-electron chi connectivity index (χ4n) is 3.86. The molecule has 142 valence electrons. The van der Waals surface area contributed by atoms with E-state index in [-0.39, 0.29) is 12.5 Å². The van der Waals surface area contributed by atoms with E-state index >= 15 is 0 Å². The van der Waals surface area contributed by atoms with Gasteiger partial charge in [0.2, 0.25) is 0 Å². The minimum Gasteiger partial charge on any atom is -0.396 e. The summed E-state index contributed by atoms with van der Waals surface area (Å²) in [4.78, 5) is 1.94. The van der Waals surface area contributed by atoms with Gasteiger partial charge in [-0.15, -0.1) is 0 Å². The predicted octanol–water partition coefficient (Wildman–Crippen LogP) is 0.513. The molecule has 0 amide bonds. The molecule has 3 unspecified atom stereocenters. The van der Waals surface area contributed by atoms with Gasteiger partial charge >= 0.3 is 0 Å². The van der Waals surface area contributed by atoms with Crippen molar-refractivity contribution in [2.24, 2.45) is 5.92 Å². The van der Waals surface area contributed by atoms with E-state index in [1.807, 2.05) is 4.90 Å². The number of piperidine rings is 1. The number of unbranched alkanes of at least 4 members (excludes halogenated alkanes) is 3. The van der Waals surface area contributed by atoms with Crippen LogP contribution >= 0.6 is 0 Å². The summed E-state index contributed by atoms with van der Waals surface area (Å²) in [5, 5.41) is 38.6. The zero-order valence-electron chi connectivity index (χ0n) is 14.7. The Balaban J connectivity index is 1.55. The van der Waals surface area contributed by atoms with Crippen molar-refractivity contribution in [2.45, 2.75) is 75.8 Å². The molecule has 2 fully saturated rings. The number of rotatable bonds is 10. The minimum atomic E-state index is -1.06. The molecular formula is C18H35NO5. The molecule has 2 aliphatic rings. The maximum atomic E-state index is 9.74. The molecule has 0 saturated carbocycles. The first kappa shape index (κ1) is 20.1. The van der Waals surface area contributed by atoms with Crippen LogP contribution in [0.3, 0.4) is 0 Å². The van der Waals surface area contributed by atoms with E-state index in [0.717, 1.165) is 19.4 Å². The number of aliphatic hydroxyl groups excluding tert-OH is 4. The van der Waals surface area contributed by atoms with E-state index < -0.39 is 18.3 Å². The minimum absolute atomic E-state index is 0.126. The molecule has 2 rings (SSSR count). The van der Waals surface area contributed by atoms with Gasteiger partial charge in [-0.05, 0) is 31.6 Å². The zero-order chi connectivity index (χ0) is 17.4. The summed E-state index contributed by atoms with van der Waals surface area (Å²) in [7, 11) is 0. The SMILES string of the molecule is OC[C@H](CCCCCCC1CCCO1)CN1CC(O)C(O)C(O)C1. The molecule has 6 heteroatoms. The standard InChI is InChI=1S/C18H35NO5/c20-13-14(10-19-11-16(21)18(23)17(22)12-19)6-3-1-2-4-7-15-8-5-9-24-15/h14-18,20-23H,1-13H2/t14-,15?,16?,17?,18?/m1/s1. The Morgan fingerprint density at radius 3 is 2.33 bits per heavy atom. The van der Waals surface area contributed by atoms with Crippen LogP contribution in [0.15, 0.2) is 0 Å². The summed E-state index contributed by atoms with van der Waals surface area (Å²) in [6.07, 6.45) is 6.87. The van der Waals surface area contributed by atoms with Crippen molar-refractivity contribution in [3.63, 3.8) is 0 Å². The molecule has 0 aliphatic carbocycles. The van der Waals surface area contributed by atoms with Crippen LogP contribution in [0, 0.1) is 5.92 Å². The van der Waals surface area contributed by atoms with Crippen molar-refractivity contribution < 1.29 is 25.2 Å². The van der Waals surface area contributed by atoms with Gasteiger partial charge in [0.05, 0.1) is 18.3 Å². The molecule has 0 bridgehead atoms. The van der Waals surface area contributed by atoms with Crippen LogP contribution in [-0.2, 0) is 4.74 Å². The molecule has 0 radical (unpaired) electrons. The molecule has 4 atom stereocenters. The van der Waals surface area contributed by atoms with E-state index in [0.29, 0.717) is 25.7 Å². The maximum Gasteiger partial charge on any atom is 0.108 e. The Bertz CT molecular complexity index is 325. The number of hydrogen-bond acceptors (Lipinski definition) is 6. The Morgan fingerprint density at radius 1 is 1.00 bits per heavy atom. The fourth-order valence-corrected chi connectivity index (χ4v) is 3.86. The van der Waals surface area contributed by atoms with Crippen molar-refractivity contribution in [3.8, 4) is 0 Å². The third kappa shape index (κ3) is 6.58. The molecule has 2 heterocycles. The molecule has 2 saturated heterocycles. The summed E-state index contributed by atoms with van der Waals surface area (Å²) in [6.45, 7) is 2.43. The van der Waals surface area contributed by atoms with Crippen molar-refractivity contribution in [1.29, 1.82) is 0 Å². The van der Waals surface area contributed by atoms with Gasteiger partial charge in [-0.2, -0.15) is 0 Å². The Morgan fingerprint density at radius 2 is 1.71 bits per heavy atom. The highest BCUT2D eigenvalue weighted by molar-refractivity contribution is 4.87. The Labute approximate surface area is 145 Å². The van der Waals surface area contributed by atoms with Crippen molar-refractivity contribution >= 4 is 0 Å². The monoisotopic (exact) mass is 345 g/mol. The Hall–Kier alpha value is -0.240. The smallest absolute Gasteiger partial charge is 0.108 e. The summed E-state index contributed by atoms with van der Waals surface area (Å²) in [5.74, 6) is 0.165. The van der Waals surface area contributed by atoms with Gasteiger partial charge in [0.25, 0.3) is 0 Å². The first-order valence-corrected chi connectivity index (χ1v) is 9.59. The maximum absolute atomic E-state index is 9.74. The molecule has 2 aliphatic heterocycles. The topological polar surface area (TPSA) is 93.4 Å². The van der Waals surface area contributed by atoms with Crippen LogP contribution in [0.1, 0.15) is 51.4 Å². The number of hydrogen-bond donors (Lipinski definition) is 4. The molecule has 0 aromatic carbocycles. The molecule has 4 N–H and O–H groups in total. The predicted molar refractivity (Wildman–Crippen MR) is 91.7 cm³/mol. The van der Waals surface area contributed by atoms with Crippen LogP contribution in [0.2, 0.25) is 0 Å². The second-order valence-corrected chi connectivity index (χ2v) is 7.52. The van der Waals surface area contributed by atoms with Gasteiger partial charge in [-0.3, -0.25) is 4.90 Å². The average Bonchev–Trinajstić information content (AvgIpc) is 3.07. The lowest BCUT2D eigenvalue weighted by Crippen LogP contribution is -2.56. The first-order valence-electron chi connectivity index (χ1n) is 9.59. The molecule has 0 aromatic rings. The van der Waals surface area contributed by atoms with E-state index in [4.69, 9.17) is 4.74 Å². The second-order valence-electron chi connectivity index (χ2n) is 7.52.